The zero-order chi connectivity index (χ0) is 9.97. The Hall–Kier alpha value is -0.490. The highest BCUT2D eigenvalue weighted by molar-refractivity contribution is 7.16. The summed E-state index contributed by atoms with van der Waals surface area (Å²) in [4.78, 5) is 1.44. The lowest BCUT2D eigenvalue weighted by atomic mass is 10.2. The van der Waals surface area contributed by atoms with Crippen molar-refractivity contribution >= 4 is 22.9 Å². The molecule has 1 heterocycles. The Morgan fingerprint density at radius 1 is 1.71 bits per heavy atom. The summed E-state index contributed by atoms with van der Waals surface area (Å²) in [5.74, 6) is 2.63. The van der Waals surface area contributed by atoms with Crippen LogP contribution in [0.3, 0.4) is 0 Å². The number of fused-ring (bicyclic) bond motifs is 1. The van der Waals surface area contributed by atoms with Crippen LogP contribution in [0.2, 0.25) is 4.34 Å². The average molecular weight is 226 g/mol. The van der Waals surface area contributed by atoms with Crippen molar-refractivity contribution in [3.8, 4) is 12.3 Å². The van der Waals surface area contributed by atoms with Crippen molar-refractivity contribution in [1.29, 1.82) is 0 Å². The Morgan fingerprint density at radius 3 is 3.36 bits per heavy atom. The highest BCUT2D eigenvalue weighted by Gasteiger charge is 2.24. The van der Waals surface area contributed by atoms with E-state index in [0.717, 1.165) is 23.7 Å². The van der Waals surface area contributed by atoms with E-state index in [4.69, 9.17) is 18.0 Å². The van der Waals surface area contributed by atoms with Crippen molar-refractivity contribution in [3.05, 3.63) is 20.8 Å². The molecule has 0 aliphatic heterocycles. The van der Waals surface area contributed by atoms with Gasteiger partial charge in [-0.3, -0.25) is 0 Å². The molecule has 0 bridgehead atoms. The molecule has 1 aromatic heterocycles. The zero-order valence-electron chi connectivity index (χ0n) is 7.85. The van der Waals surface area contributed by atoms with Gasteiger partial charge >= 0.3 is 0 Å². The predicted octanol–water partition coefficient (Wildman–Crippen LogP) is 3.00. The molecule has 1 aliphatic carbocycles. The van der Waals surface area contributed by atoms with Gasteiger partial charge in [-0.15, -0.1) is 23.7 Å². The summed E-state index contributed by atoms with van der Waals surface area (Å²) in [6.07, 6.45) is 8.33. The lowest BCUT2D eigenvalue weighted by molar-refractivity contribution is 0.539. The van der Waals surface area contributed by atoms with Crippen molar-refractivity contribution < 1.29 is 0 Å². The van der Waals surface area contributed by atoms with Crippen molar-refractivity contribution in [3.63, 3.8) is 0 Å². The van der Waals surface area contributed by atoms with E-state index >= 15 is 0 Å². The number of hydrogen-bond acceptors (Lipinski definition) is 2. The number of thiophene rings is 1. The van der Waals surface area contributed by atoms with Crippen LogP contribution in [0.5, 0.6) is 0 Å². The molecular weight excluding hydrogens is 214 g/mol. The molecular formula is C11H12ClNS. The standard InChI is InChI=1S/C11H12ClNS/c1-2-3-6-13-9-4-5-10-8(9)7-11(12)14-10/h1,7,9,13H,3-6H2. The minimum absolute atomic E-state index is 0.474. The fourth-order valence-corrected chi connectivity index (χ4v) is 3.22. The summed E-state index contributed by atoms with van der Waals surface area (Å²) in [7, 11) is 0. The van der Waals surface area contributed by atoms with Crippen molar-refractivity contribution in [2.45, 2.75) is 25.3 Å². The molecule has 0 radical (unpaired) electrons. The molecule has 1 aromatic rings. The lowest BCUT2D eigenvalue weighted by Crippen LogP contribution is -2.19. The molecule has 0 fully saturated rings. The summed E-state index contributed by atoms with van der Waals surface area (Å²) in [6, 6.07) is 2.56. The minimum Gasteiger partial charge on any atom is -0.309 e. The van der Waals surface area contributed by atoms with E-state index in [1.54, 1.807) is 11.3 Å². The van der Waals surface area contributed by atoms with E-state index in [9.17, 15) is 0 Å². The molecule has 0 saturated heterocycles. The third-order valence-electron chi connectivity index (χ3n) is 2.51. The average Bonchev–Trinajstić information content (AvgIpc) is 2.66. The normalized spacial score (nSPS) is 19.3. The molecule has 0 spiro atoms. The van der Waals surface area contributed by atoms with E-state index < -0.39 is 0 Å². The number of terminal acetylenes is 1. The largest absolute Gasteiger partial charge is 0.309 e. The molecule has 1 nitrogen and oxygen atoms in total. The molecule has 2 rings (SSSR count). The van der Waals surface area contributed by atoms with E-state index in [1.807, 2.05) is 0 Å². The molecule has 74 valence electrons. The van der Waals surface area contributed by atoms with Gasteiger partial charge in [0.1, 0.15) is 0 Å². The second kappa shape index (κ2) is 4.35. The number of hydrogen-bond donors (Lipinski definition) is 1. The van der Waals surface area contributed by atoms with Gasteiger partial charge in [0.2, 0.25) is 0 Å². The third kappa shape index (κ3) is 1.95. The second-order valence-corrected chi connectivity index (χ2v) is 5.20. The molecule has 0 saturated carbocycles. The number of halogens is 1. The fraction of sp³-hybridized carbons (Fsp3) is 0.455. The Kier molecular flexibility index (Phi) is 3.12. The van der Waals surface area contributed by atoms with Gasteiger partial charge in [0.05, 0.1) is 4.34 Å². The van der Waals surface area contributed by atoms with Crippen LogP contribution in [-0.2, 0) is 6.42 Å². The van der Waals surface area contributed by atoms with E-state index in [2.05, 4.69) is 17.3 Å². The molecule has 0 amide bonds. The summed E-state index contributed by atoms with van der Waals surface area (Å²) in [5, 5.41) is 3.46. The molecule has 3 heteroatoms. The number of nitrogens with one attached hydrogen (secondary N) is 1. The summed E-state index contributed by atoms with van der Waals surface area (Å²) >= 11 is 7.67. The Balaban J connectivity index is 2.00. The van der Waals surface area contributed by atoms with Gasteiger partial charge in [-0.25, -0.2) is 0 Å². The molecule has 1 unspecified atom stereocenters. The van der Waals surface area contributed by atoms with Gasteiger partial charge in [-0.2, -0.15) is 0 Å². The fourth-order valence-electron chi connectivity index (χ4n) is 1.86. The maximum absolute atomic E-state index is 5.96. The molecule has 14 heavy (non-hydrogen) atoms. The Labute approximate surface area is 93.5 Å². The topological polar surface area (TPSA) is 12.0 Å². The summed E-state index contributed by atoms with van der Waals surface area (Å²) < 4.78 is 0.901. The van der Waals surface area contributed by atoms with Crippen LogP contribution in [0.25, 0.3) is 0 Å². The van der Waals surface area contributed by atoms with E-state index in [1.165, 1.54) is 16.9 Å². The van der Waals surface area contributed by atoms with Crippen molar-refractivity contribution in [2.24, 2.45) is 0 Å². The van der Waals surface area contributed by atoms with Crippen LogP contribution in [0, 0.1) is 12.3 Å². The first-order valence-electron chi connectivity index (χ1n) is 4.76. The summed E-state index contributed by atoms with van der Waals surface area (Å²) in [5.41, 5.74) is 1.39. The van der Waals surface area contributed by atoms with Crippen molar-refractivity contribution in [1.82, 2.24) is 5.32 Å². The lowest BCUT2D eigenvalue weighted by Gasteiger charge is -2.10. The first-order valence-corrected chi connectivity index (χ1v) is 5.95. The first-order chi connectivity index (χ1) is 6.81. The van der Waals surface area contributed by atoms with Gasteiger partial charge in [-0.1, -0.05) is 11.6 Å². The SMILES string of the molecule is C#CCCNC1CCc2sc(Cl)cc21. The highest BCUT2D eigenvalue weighted by atomic mass is 35.5. The maximum atomic E-state index is 5.96. The third-order valence-corrected chi connectivity index (χ3v) is 3.85. The van der Waals surface area contributed by atoms with Crippen LogP contribution >= 0.6 is 22.9 Å². The quantitative estimate of drug-likeness (QED) is 0.616. The Morgan fingerprint density at radius 2 is 2.57 bits per heavy atom. The van der Waals surface area contributed by atoms with Gasteiger partial charge in [-0.05, 0) is 24.5 Å². The van der Waals surface area contributed by atoms with Gasteiger partial charge in [0.25, 0.3) is 0 Å². The zero-order valence-corrected chi connectivity index (χ0v) is 9.42. The van der Waals surface area contributed by atoms with Gasteiger partial charge < -0.3 is 5.32 Å². The molecule has 0 aromatic carbocycles. The molecule has 1 N–H and O–H groups in total. The van der Waals surface area contributed by atoms with Crippen LogP contribution in [0.1, 0.15) is 29.3 Å². The maximum Gasteiger partial charge on any atom is 0.0934 e. The summed E-state index contributed by atoms with van der Waals surface area (Å²) in [6.45, 7) is 0.897. The minimum atomic E-state index is 0.474. The van der Waals surface area contributed by atoms with Gasteiger partial charge in [0.15, 0.2) is 0 Å². The van der Waals surface area contributed by atoms with E-state index in [0.29, 0.717) is 6.04 Å². The smallest absolute Gasteiger partial charge is 0.0934 e. The van der Waals surface area contributed by atoms with Crippen LogP contribution in [0.4, 0.5) is 0 Å². The van der Waals surface area contributed by atoms with Gasteiger partial charge in [0, 0.05) is 23.9 Å². The molecule has 1 aliphatic rings. The molecule has 1 atom stereocenters. The monoisotopic (exact) mass is 225 g/mol. The second-order valence-electron chi connectivity index (χ2n) is 3.43. The van der Waals surface area contributed by atoms with Crippen LogP contribution in [0.15, 0.2) is 6.07 Å². The highest BCUT2D eigenvalue weighted by Crippen LogP contribution is 2.39. The van der Waals surface area contributed by atoms with E-state index in [-0.39, 0.29) is 0 Å². The van der Waals surface area contributed by atoms with Crippen LogP contribution < -0.4 is 5.32 Å². The Bertz CT molecular complexity index is 364. The predicted molar refractivity (Wildman–Crippen MR) is 61.8 cm³/mol. The number of aryl methyl sites for hydroxylation is 1. The number of rotatable bonds is 3. The van der Waals surface area contributed by atoms with Crippen molar-refractivity contribution in [2.75, 3.05) is 6.54 Å². The first kappa shape index (κ1) is 10.0. The van der Waals surface area contributed by atoms with Crippen LogP contribution in [-0.4, -0.2) is 6.54 Å².